The molecule has 0 radical (unpaired) electrons. The minimum absolute atomic E-state index is 0.0630. The number of carbonyl (C=O) groups excluding carboxylic acids is 3. The fourth-order valence-corrected chi connectivity index (χ4v) is 8.09. The predicted octanol–water partition coefficient (Wildman–Crippen LogP) is 17.2. The molecular formula is C53H102O6. The molecule has 0 spiro atoms. The van der Waals surface area contributed by atoms with Gasteiger partial charge in [-0.15, -0.1) is 0 Å². The third-order valence-electron chi connectivity index (χ3n) is 12.1. The maximum atomic E-state index is 12.7. The van der Waals surface area contributed by atoms with Crippen molar-refractivity contribution in [2.24, 2.45) is 0 Å². The standard InChI is InChI=1S/C53H102O6/c1-4-7-10-13-16-18-19-20-21-22-23-24-25-26-27-28-29-30-31-32-33-35-37-40-43-46-52(55)58-49-50(48-57-51(54)45-42-39-36-15-12-9-6-3)59-53(56)47-44-41-38-34-17-14-11-8-5-2/h50H,4-49H2,1-3H3. The van der Waals surface area contributed by atoms with Crippen LogP contribution in [0.3, 0.4) is 0 Å². The lowest BCUT2D eigenvalue weighted by atomic mass is 10.0. The molecule has 0 N–H and O–H groups in total. The van der Waals surface area contributed by atoms with Crippen LogP contribution in [0.2, 0.25) is 0 Å². The van der Waals surface area contributed by atoms with E-state index in [1.165, 1.54) is 205 Å². The van der Waals surface area contributed by atoms with Crippen molar-refractivity contribution < 1.29 is 28.6 Å². The topological polar surface area (TPSA) is 78.9 Å². The van der Waals surface area contributed by atoms with Crippen molar-refractivity contribution in [2.45, 2.75) is 309 Å². The van der Waals surface area contributed by atoms with E-state index in [1.54, 1.807) is 0 Å². The van der Waals surface area contributed by atoms with Crippen LogP contribution < -0.4 is 0 Å². The van der Waals surface area contributed by atoms with Gasteiger partial charge in [0.05, 0.1) is 0 Å². The summed E-state index contributed by atoms with van der Waals surface area (Å²) in [5.41, 5.74) is 0. The second-order valence-corrected chi connectivity index (χ2v) is 18.2. The quantitative estimate of drug-likeness (QED) is 0.0345. The Bertz CT molecular complexity index is 874. The van der Waals surface area contributed by atoms with E-state index < -0.39 is 6.10 Å². The summed E-state index contributed by atoms with van der Waals surface area (Å²) in [6, 6.07) is 0. The molecule has 0 amide bonds. The number of hydrogen-bond donors (Lipinski definition) is 0. The highest BCUT2D eigenvalue weighted by Gasteiger charge is 2.19. The van der Waals surface area contributed by atoms with Gasteiger partial charge >= 0.3 is 17.9 Å². The Balaban J connectivity index is 3.97. The van der Waals surface area contributed by atoms with Gasteiger partial charge in [0.1, 0.15) is 13.2 Å². The Labute approximate surface area is 368 Å². The molecule has 0 saturated carbocycles. The van der Waals surface area contributed by atoms with Crippen molar-refractivity contribution in [3.63, 3.8) is 0 Å². The molecule has 0 aliphatic heterocycles. The lowest BCUT2D eigenvalue weighted by Gasteiger charge is -2.18. The van der Waals surface area contributed by atoms with Crippen LogP contribution in [-0.4, -0.2) is 37.2 Å². The van der Waals surface area contributed by atoms with E-state index in [9.17, 15) is 14.4 Å². The Hall–Kier alpha value is -1.59. The van der Waals surface area contributed by atoms with Crippen molar-refractivity contribution in [1.82, 2.24) is 0 Å². The van der Waals surface area contributed by atoms with Crippen LogP contribution in [0.4, 0.5) is 0 Å². The highest BCUT2D eigenvalue weighted by atomic mass is 16.6. The average Bonchev–Trinajstić information content (AvgIpc) is 3.23. The summed E-state index contributed by atoms with van der Waals surface area (Å²) >= 11 is 0. The lowest BCUT2D eigenvalue weighted by Crippen LogP contribution is -2.30. The Morgan fingerprint density at radius 3 is 0.678 bits per heavy atom. The van der Waals surface area contributed by atoms with E-state index in [0.717, 1.165) is 57.8 Å². The first-order valence-electron chi connectivity index (χ1n) is 26.5. The van der Waals surface area contributed by atoms with Gasteiger partial charge in [-0.1, -0.05) is 265 Å². The van der Waals surface area contributed by atoms with Crippen LogP contribution in [0.25, 0.3) is 0 Å². The van der Waals surface area contributed by atoms with Gasteiger partial charge < -0.3 is 14.2 Å². The molecule has 0 rings (SSSR count). The lowest BCUT2D eigenvalue weighted by molar-refractivity contribution is -0.167. The van der Waals surface area contributed by atoms with Gasteiger partial charge in [0.25, 0.3) is 0 Å². The highest BCUT2D eigenvalue weighted by molar-refractivity contribution is 5.71. The fraction of sp³-hybridized carbons (Fsp3) is 0.943. The predicted molar refractivity (Wildman–Crippen MR) is 252 cm³/mol. The van der Waals surface area contributed by atoms with E-state index >= 15 is 0 Å². The van der Waals surface area contributed by atoms with Crippen molar-refractivity contribution in [1.29, 1.82) is 0 Å². The number of ether oxygens (including phenoxy) is 3. The molecule has 350 valence electrons. The molecule has 6 nitrogen and oxygen atoms in total. The van der Waals surface area contributed by atoms with Gasteiger partial charge in [-0.25, -0.2) is 0 Å². The summed E-state index contributed by atoms with van der Waals surface area (Å²) in [5.74, 6) is -0.855. The molecule has 1 atom stereocenters. The first-order valence-corrected chi connectivity index (χ1v) is 26.5. The van der Waals surface area contributed by atoms with Crippen LogP contribution in [0, 0.1) is 0 Å². The maximum absolute atomic E-state index is 12.7. The molecule has 0 aliphatic carbocycles. The summed E-state index contributed by atoms with van der Waals surface area (Å²) < 4.78 is 16.7. The summed E-state index contributed by atoms with van der Waals surface area (Å²) in [6.07, 6.45) is 52.8. The molecular weight excluding hydrogens is 733 g/mol. The van der Waals surface area contributed by atoms with E-state index in [-0.39, 0.29) is 31.1 Å². The van der Waals surface area contributed by atoms with E-state index in [1.807, 2.05) is 0 Å². The normalized spacial score (nSPS) is 11.8. The van der Waals surface area contributed by atoms with Crippen molar-refractivity contribution in [3.8, 4) is 0 Å². The molecule has 0 aliphatic rings. The first-order chi connectivity index (χ1) is 29.0. The zero-order valence-corrected chi connectivity index (χ0v) is 40.1. The molecule has 1 unspecified atom stereocenters. The Morgan fingerprint density at radius 2 is 0.458 bits per heavy atom. The average molecular weight is 835 g/mol. The minimum Gasteiger partial charge on any atom is -0.462 e. The maximum Gasteiger partial charge on any atom is 0.306 e. The van der Waals surface area contributed by atoms with Gasteiger partial charge in [-0.3, -0.25) is 14.4 Å². The molecule has 0 bridgehead atoms. The number of carbonyl (C=O) groups is 3. The van der Waals surface area contributed by atoms with Crippen molar-refractivity contribution in [3.05, 3.63) is 0 Å². The summed E-state index contributed by atoms with van der Waals surface area (Å²) in [5, 5.41) is 0. The summed E-state index contributed by atoms with van der Waals surface area (Å²) in [4.78, 5) is 37.6. The van der Waals surface area contributed by atoms with Gasteiger partial charge in [-0.05, 0) is 19.3 Å². The largest absolute Gasteiger partial charge is 0.462 e. The zero-order chi connectivity index (χ0) is 43.0. The zero-order valence-electron chi connectivity index (χ0n) is 40.1. The second-order valence-electron chi connectivity index (χ2n) is 18.2. The van der Waals surface area contributed by atoms with Crippen LogP contribution in [0.1, 0.15) is 303 Å². The molecule has 0 heterocycles. The molecule has 0 saturated heterocycles. The van der Waals surface area contributed by atoms with Gasteiger partial charge in [0.2, 0.25) is 0 Å². The van der Waals surface area contributed by atoms with E-state index in [4.69, 9.17) is 14.2 Å². The van der Waals surface area contributed by atoms with Crippen molar-refractivity contribution in [2.75, 3.05) is 13.2 Å². The summed E-state index contributed by atoms with van der Waals surface area (Å²) in [7, 11) is 0. The number of unbranched alkanes of at least 4 members (excludes halogenated alkanes) is 38. The smallest absolute Gasteiger partial charge is 0.306 e. The molecule has 0 aromatic rings. The van der Waals surface area contributed by atoms with Gasteiger partial charge in [0.15, 0.2) is 6.10 Å². The molecule has 0 fully saturated rings. The Kier molecular flexibility index (Phi) is 47.7. The fourth-order valence-electron chi connectivity index (χ4n) is 8.09. The minimum atomic E-state index is -0.757. The first kappa shape index (κ1) is 57.4. The van der Waals surface area contributed by atoms with Crippen LogP contribution in [0.5, 0.6) is 0 Å². The van der Waals surface area contributed by atoms with Crippen LogP contribution >= 0.6 is 0 Å². The highest BCUT2D eigenvalue weighted by Crippen LogP contribution is 2.17. The van der Waals surface area contributed by atoms with Gasteiger partial charge in [-0.2, -0.15) is 0 Å². The monoisotopic (exact) mass is 835 g/mol. The number of hydrogen-bond acceptors (Lipinski definition) is 6. The van der Waals surface area contributed by atoms with E-state index in [2.05, 4.69) is 20.8 Å². The summed E-state index contributed by atoms with van der Waals surface area (Å²) in [6.45, 7) is 6.62. The third-order valence-corrected chi connectivity index (χ3v) is 12.1. The molecule has 59 heavy (non-hydrogen) atoms. The van der Waals surface area contributed by atoms with Crippen molar-refractivity contribution >= 4 is 17.9 Å². The molecule has 0 aromatic heterocycles. The number of esters is 3. The SMILES string of the molecule is CCCCCCCCCCCCCCCCCCCCCCCCCCCC(=O)OCC(COC(=O)CCCCCCCCC)OC(=O)CCCCCCCCCCC. The third kappa shape index (κ3) is 47.3. The number of rotatable bonds is 49. The van der Waals surface area contributed by atoms with Crippen LogP contribution in [0.15, 0.2) is 0 Å². The molecule has 6 heteroatoms. The Morgan fingerprint density at radius 1 is 0.271 bits per heavy atom. The van der Waals surface area contributed by atoms with E-state index in [0.29, 0.717) is 19.3 Å². The van der Waals surface area contributed by atoms with Crippen LogP contribution in [-0.2, 0) is 28.6 Å². The van der Waals surface area contributed by atoms with Gasteiger partial charge in [0, 0.05) is 19.3 Å². The second kappa shape index (κ2) is 49.1. The molecule has 0 aromatic carbocycles.